The first kappa shape index (κ1) is 12.4. The highest BCUT2D eigenvalue weighted by atomic mass is 19.1. The molecule has 0 unspecified atom stereocenters. The lowest BCUT2D eigenvalue weighted by Gasteiger charge is -2.07. The van der Waals surface area contributed by atoms with Crippen molar-refractivity contribution < 1.29 is 8.78 Å². The summed E-state index contributed by atoms with van der Waals surface area (Å²) in [6.45, 7) is 0.371. The summed E-state index contributed by atoms with van der Waals surface area (Å²) in [5, 5.41) is 9.83. The molecule has 0 amide bonds. The highest BCUT2D eigenvalue weighted by molar-refractivity contribution is 5.80. The molecule has 0 saturated heterocycles. The van der Waals surface area contributed by atoms with Crippen molar-refractivity contribution in [3.63, 3.8) is 0 Å². The van der Waals surface area contributed by atoms with Gasteiger partial charge in [0.25, 0.3) is 0 Å². The molecule has 0 aliphatic carbocycles. The molecule has 2 nitrogen and oxygen atoms in total. The summed E-state index contributed by atoms with van der Waals surface area (Å²) in [5.41, 5.74) is 1.89. The Balaban J connectivity index is 2.06. The smallest absolute Gasteiger partial charge is 0.123 e. The molecule has 1 aromatic heterocycles. The Hall–Kier alpha value is -2.67. The molecular weight excluding hydrogens is 258 g/mol. The van der Waals surface area contributed by atoms with Crippen LogP contribution in [0.25, 0.3) is 10.9 Å². The molecule has 0 aliphatic rings. The molecule has 98 valence electrons. The van der Waals surface area contributed by atoms with E-state index < -0.39 is 0 Å². The van der Waals surface area contributed by atoms with Gasteiger partial charge in [0.2, 0.25) is 0 Å². The van der Waals surface area contributed by atoms with Gasteiger partial charge in [-0.3, -0.25) is 0 Å². The van der Waals surface area contributed by atoms with E-state index in [1.54, 1.807) is 18.3 Å². The number of aromatic nitrogens is 1. The van der Waals surface area contributed by atoms with Crippen molar-refractivity contribution in [3.05, 3.63) is 71.4 Å². The second-order valence-corrected chi connectivity index (χ2v) is 4.56. The lowest BCUT2D eigenvalue weighted by atomic mass is 10.1. The van der Waals surface area contributed by atoms with Crippen molar-refractivity contribution >= 4 is 10.9 Å². The third-order valence-electron chi connectivity index (χ3n) is 3.26. The first-order valence-corrected chi connectivity index (χ1v) is 6.10. The number of hydrogen-bond acceptors (Lipinski definition) is 1. The average Bonchev–Trinajstić information content (AvgIpc) is 2.81. The molecule has 0 aliphatic heterocycles. The third-order valence-corrected chi connectivity index (χ3v) is 3.26. The van der Waals surface area contributed by atoms with Crippen molar-refractivity contribution in [2.75, 3.05) is 0 Å². The lowest BCUT2D eigenvalue weighted by Crippen LogP contribution is -2.01. The molecule has 0 spiro atoms. The van der Waals surface area contributed by atoms with Crippen LogP contribution in [0.3, 0.4) is 0 Å². The van der Waals surface area contributed by atoms with Crippen molar-refractivity contribution in [2.45, 2.75) is 6.54 Å². The van der Waals surface area contributed by atoms with E-state index in [9.17, 15) is 8.78 Å². The first-order valence-electron chi connectivity index (χ1n) is 6.10. The van der Waals surface area contributed by atoms with Crippen LogP contribution < -0.4 is 0 Å². The second kappa shape index (κ2) is 4.78. The molecule has 0 saturated carbocycles. The number of nitriles is 1. The minimum atomic E-state index is -0.374. The molecule has 2 aromatic carbocycles. The Kier molecular flexibility index (Phi) is 2.96. The third kappa shape index (κ3) is 2.14. The Labute approximate surface area is 114 Å². The molecule has 0 atom stereocenters. The number of hydrogen-bond donors (Lipinski definition) is 0. The number of rotatable bonds is 2. The maximum absolute atomic E-state index is 13.3. The zero-order valence-electron chi connectivity index (χ0n) is 10.5. The van der Waals surface area contributed by atoms with Crippen molar-refractivity contribution in [2.24, 2.45) is 0 Å². The van der Waals surface area contributed by atoms with Crippen LogP contribution in [0, 0.1) is 23.0 Å². The van der Waals surface area contributed by atoms with Gasteiger partial charge in [0.05, 0.1) is 11.6 Å². The summed E-state index contributed by atoms with van der Waals surface area (Å²) < 4.78 is 28.3. The van der Waals surface area contributed by atoms with Gasteiger partial charge < -0.3 is 4.57 Å². The van der Waals surface area contributed by atoms with Crippen LogP contribution in [0.4, 0.5) is 8.78 Å². The van der Waals surface area contributed by atoms with E-state index in [-0.39, 0.29) is 11.6 Å². The quantitative estimate of drug-likeness (QED) is 0.694. The summed E-state index contributed by atoms with van der Waals surface area (Å²) in [6, 6.07) is 12.4. The average molecular weight is 268 g/mol. The highest BCUT2D eigenvalue weighted by Gasteiger charge is 2.07. The van der Waals surface area contributed by atoms with E-state index >= 15 is 0 Å². The number of fused-ring (bicyclic) bond motifs is 1. The molecule has 0 bridgehead atoms. The van der Waals surface area contributed by atoms with Gasteiger partial charge >= 0.3 is 0 Å². The van der Waals surface area contributed by atoms with Crippen molar-refractivity contribution in [1.82, 2.24) is 4.57 Å². The van der Waals surface area contributed by atoms with E-state index in [1.165, 1.54) is 30.3 Å². The van der Waals surface area contributed by atoms with Gasteiger partial charge in [-0.1, -0.05) is 0 Å². The molecule has 0 fully saturated rings. The fourth-order valence-electron chi connectivity index (χ4n) is 2.29. The largest absolute Gasteiger partial charge is 0.343 e. The fourth-order valence-corrected chi connectivity index (χ4v) is 2.29. The van der Waals surface area contributed by atoms with Crippen LogP contribution in [-0.4, -0.2) is 4.57 Å². The van der Waals surface area contributed by atoms with Gasteiger partial charge in [0.1, 0.15) is 11.6 Å². The number of benzene rings is 2. The monoisotopic (exact) mass is 268 g/mol. The Morgan fingerprint density at radius 1 is 1.00 bits per heavy atom. The Morgan fingerprint density at radius 3 is 2.55 bits per heavy atom. The molecule has 0 N–H and O–H groups in total. The zero-order chi connectivity index (χ0) is 14.1. The van der Waals surface area contributed by atoms with Gasteiger partial charge in [-0.2, -0.15) is 5.26 Å². The van der Waals surface area contributed by atoms with E-state index in [0.717, 1.165) is 10.9 Å². The first-order chi connectivity index (χ1) is 9.67. The molecule has 0 radical (unpaired) electrons. The lowest BCUT2D eigenvalue weighted by molar-refractivity contribution is 0.623. The molecule has 20 heavy (non-hydrogen) atoms. The van der Waals surface area contributed by atoms with Gasteiger partial charge in [0.15, 0.2) is 0 Å². The van der Waals surface area contributed by atoms with E-state index in [2.05, 4.69) is 6.07 Å². The van der Waals surface area contributed by atoms with Crippen molar-refractivity contribution in [3.8, 4) is 6.07 Å². The predicted molar refractivity (Wildman–Crippen MR) is 72.1 cm³/mol. The minimum Gasteiger partial charge on any atom is -0.343 e. The predicted octanol–water partition coefficient (Wildman–Crippen LogP) is 3.84. The SMILES string of the molecule is N#Cc1ccc(F)cc1Cn1ccc2cc(F)ccc21. The zero-order valence-corrected chi connectivity index (χ0v) is 10.5. The highest BCUT2D eigenvalue weighted by Crippen LogP contribution is 2.20. The molecular formula is C16H10F2N2. The summed E-state index contributed by atoms with van der Waals surface area (Å²) in [7, 11) is 0. The van der Waals surface area contributed by atoms with Gasteiger partial charge in [-0.15, -0.1) is 0 Å². The van der Waals surface area contributed by atoms with E-state index in [1.807, 2.05) is 4.57 Å². The topological polar surface area (TPSA) is 28.7 Å². The molecule has 3 aromatic rings. The van der Waals surface area contributed by atoms with Crippen LogP contribution >= 0.6 is 0 Å². The van der Waals surface area contributed by atoms with E-state index in [4.69, 9.17) is 5.26 Å². The number of nitrogens with zero attached hydrogens (tertiary/aromatic N) is 2. The van der Waals surface area contributed by atoms with Crippen LogP contribution in [-0.2, 0) is 6.54 Å². The Bertz CT molecular complexity index is 828. The van der Waals surface area contributed by atoms with Crippen LogP contribution in [0.15, 0.2) is 48.7 Å². The fraction of sp³-hybridized carbons (Fsp3) is 0.0625. The van der Waals surface area contributed by atoms with Crippen molar-refractivity contribution in [1.29, 1.82) is 5.26 Å². The second-order valence-electron chi connectivity index (χ2n) is 4.56. The van der Waals surface area contributed by atoms with Gasteiger partial charge in [-0.25, -0.2) is 8.78 Å². The molecule has 1 heterocycles. The Morgan fingerprint density at radius 2 is 1.75 bits per heavy atom. The van der Waals surface area contributed by atoms with E-state index in [0.29, 0.717) is 17.7 Å². The summed E-state index contributed by atoms with van der Waals surface area (Å²) in [5.74, 6) is -0.666. The summed E-state index contributed by atoms with van der Waals surface area (Å²) in [4.78, 5) is 0. The van der Waals surface area contributed by atoms with Gasteiger partial charge in [0, 0.05) is 23.6 Å². The van der Waals surface area contributed by atoms with Crippen LogP contribution in [0.5, 0.6) is 0 Å². The van der Waals surface area contributed by atoms with Crippen LogP contribution in [0.2, 0.25) is 0 Å². The standard InChI is InChI=1S/C16H10F2N2/c17-14-2-1-12(9-19)13(8-14)10-20-6-5-11-7-15(18)3-4-16(11)20/h1-8H,10H2. The molecule has 3 rings (SSSR count). The maximum atomic E-state index is 13.3. The maximum Gasteiger partial charge on any atom is 0.123 e. The number of halogens is 2. The van der Waals surface area contributed by atoms with Gasteiger partial charge in [-0.05, 0) is 48.0 Å². The van der Waals surface area contributed by atoms with Crippen LogP contribution in [0.1, 0.15) is 11.1 Å². The minimum absolute atomic E-state index is 0.293. The molecule has 4 heteroatoms. The summed E-state index contributed by atoms with van der Waals surface area (Å²) >= 11 is 0. The normalized spacial score (nSPS) is 10.7. The summed E-state index contributed by atoms with van der Waals surface area (Å²) in [6.07, 6.45) is 1.80.